The second-order valence-electron chi connectivity index (χ2n) is 7.16. The molecule has 1 fully saturated rings. The van der Waals surface area contributed by atoms with E-state index < -0.39 is 21.8 Å². The van der Waals surface area contributed by atoms with E-state index in [1.54, 1.807) is 4.90 Å². The molecule has 30 heavy (non-hydrogen) atoms. The fourth-order valence-corrected chi connectivity index (χ4v) is 4.23. The minimum atomic E-state index is -4.58. The molecule has 0 spiro atoms. The maximum Gasteiger partial charge on any atom is 0.416 e. The summed E-state index contributed by atoms with van der Waals surface area (Å²) in [5.74, 6) is -0.180. The Labute approximate surface area is 173 Å². The Balaban J connectivity index is 1.74. The van der Waals surface area contributed by atoms with Gasteiger partial charge in [0.15, 0.2) is 0 Å². The van der Waals surface area contributed by atoms with Gasteiger partial charge in [-0.2, -0.15) is 13.2 Å². The fraction of sp³-hybridized carbons (Fsp3) is 0.350. The summed E-state index contributed by atoms with van der Waals surface area (Å²) in [4.78, 5) is 16.4. The molecule has 162 valence electrons. The van der Waals surface area contributed by atoms with E-state index in [2.05, 4.69) is 9.62 Å². The minimum Gasteiger partial charge on any atom is -0.337 e. The number of alkyl halides is 3. The summed E-state index contributed by atoms with van der Waals surface area (Å²) < 4.78 is 65.7. The van der Waals surface area contributed by atoms with Crippen LogP contribution in [0, 0.1) is 0 Å². The number of amides is 1. The molecule has 2 aromatic carbocycles. The molecule has 0 saturated carbocycles. The van der Waals surface area contributed by atoms with E-state index in [1.807, 2.05) is 7.05 Å². The van der Waals surface area contributed by atoms with Gasteiger partial charge in [-0.15, -0.1) is 0 Å². The SMILES string of the molecule is CN1CCCN(C(=O)c2ccc(S(=O)(=O)Nc3cccc(C(F)(F)F)c3)cc2)CC1. The highest BCUT2D eigenvalue weighted by atomic mass is 32.2. The average Bonchev–Trinajstić information content (AvgIpc) is 2.91. The van der Waals surface area contributed by atoms with Gasteiger partial charge in [0.2, 0.25) is 0 Å². The third-order valence-electron chi connectivity index (χ3n) is 4.86. The Morgan fingerprint density at radius 2 is 1.70 bits per heavy atom. The number of rotatable bonds is 4. The monoisotopic (exact) mass is 441 g/mol. The van der Waals surface area contributed by atoms with Crippen LogP contribution in [0.2, 0.25) is 0 Å². The van der Waals surface area contributed by atoms with E-state index in [4.69, 9.17) is 0 Å². The van der Waals surface area contributed by atoms with Crippen molar-refractivity contribution in [1.82, 2.24) is 9.80 Å². The Morgan fingerprint density at radius 1 is 1.00 bits per heavy atom. The lowest BCUT2D eigenvalue weighted by molar-refractivity contribution is -0.137. The van der Waals surface area contributed by atoms with Crippen molar-refractivity contribution >= 4 is 21.6 Å². The maximum absolute atomic E-state index is 12.8. The molecule has 6 nitrogen and oxygen atoms in total. The number of carbonyl (C=O) groups excluding carboxylic acids is 1. The van der Waals surface area contributed by atoms with Crippen LogP contribution in [-0.2, 0) is 16.2 Å². The van der Waals surface area contributed by atoms with Gasteiger partial charge in [-0.05, 0) is 62.5 Å². The molecule has 0 atom stereocenters. The number of hydrogen-bond acceptors (Lipinski definition) is 4. The number of likely N-dealkylation sites (N-methyl/N-ethyl adjacent to an activating group) is 1. The molecule has 3 rings (SSSR count). The topological polar surface area (TPSA) is 69.7 Å². The highest BCUT2D eigenvalue weighted by molar-refractivity contribution is 7.92. The van der Waals surface area contributed by atoms with Gasteiger partial charge >= 0.3 is 6.18 Å². The fourth-order valence-electron chi connectivity index (χ4n) is 3.18. The molecule has 10 heteroatoms. The zero-order chi connectivity index (χ0) is 21.9. The van der Waals surface area contributed by atoms with Crippen molar-refractivity contribution in [3.8, 4) is 0 Å². The van der Waals surface area contributed by atoms with Crippen LogP contribution in [0.15, 0.2) is 53.4 Å². The lowest BCUT2D eigenvalue weighted by Crippen LogP contribution is -2.34. The van der Waals surface area contributed by atoms with Crippen LogP contribution in [0.4, 0.5) is 18.9 Å². The molecule has 2 aromatic rings. The first-order valence-corrected chi connectivity index (χ1v) is 10.8. The zero-order valence-electron chi connectivity index (χ0n) is 16.3. The maximum atomic E-state index is 12.8. The van der Waals surface area contributed by atoms with Gasteiger partial charge in [-0.3, -0.25) is 9.52 Å². The average molecular weight is 441 g/mol. The summed E-state index contributed by atoms with van der Waals surface area (Å²) in [6, 6.07) is 9.32. The number of anilines is 1. The van der Waals surface area contributed by atoms with E-state index in [9.17, 15) is 26.4 Å². The predicted molar refractivity (Wildman–Crippen MR) is 107 cm³/mol. The third kappa shape index (κ3) is 5.31. The quantitative estimate of drug-likeness (QED) is 0.791. The summed E-state index contributed by atoms with van der Waals surface area (Å²) in [6.07, 6.45) is -3.72. The largest absolute Gasteiger partial charge is 0.416 e. The van der Waals surface area contributed by atoms with Gasteiger partial charge < -0.3 is 9.80 Å². The number of nitrogens with zero attached hydrogens (tertiary/aromatic N) is 2. The van der Waals surface area contributed by atoms with Crippen molar-refractivity contribution < 1.29 is 26.4 Å². The van der Waals surface area contributed by atoms with Gasteiger partial charge in [-0.25, -0.2) is 8.42 Å². The molecule has 1 aliphatic rings. The Bertz CT molecular complexity index is 1010. The summed E-state index contributed by atoms with van der Waals surface area (Å²) in [7, 11) is -2.11. The predicted octanol–water partition coefficient (Wildman–Crippen LogP) is 3.28. The Hall–Kier alpha value is -2.59. The Kier molecular flexibility index (Phi) is 6.37. The molecule has 0 radical (unpaired) electrons. The van der Waals surface area contributed by atoms with Gasteiger partial charge in [0.25, 0.3) is 15.9 Å². The van der Waals surface area contributed by atoms with Crippen molar-refractivity contribution in [2.45, 2.75) is 17.5 Å². The summed E-state index contributed by atoms with van der Waals surface area (Å²) in [5, 5.41) is 0. The smallest absolute Gasteiger partial charge is 0.337 e. The molecule has 1 aliphatic heterocycles. The first-order valence-electron chi connectivity index (χ1n) is 9.34. The van der Waals surface area contributed by atoms with Gasteiger partial charge in [0.1, 0.15) is 0 Å². The van der Waals surface area contributed by atoms with Crippen LogP contribution in [0.25, 0.3) is 0 Å². The molecule has 0 unspecified atom stereocenters. The zero-order valence-corrected chi connectivity index (χ0v) is 17.1. The first-order chi connectivity index (χ1) is 14.1. The van der Waals surface area contributed by atoms with Crippen LogP contribution in [0.3, 0.4) is 0 Å². The van der Waals surface area contributed by atoms with Crippen molar-refractivity contribution in [3.63, 3.8) is 0 Å². The molecule has 1 saturated heterocycles. The van der Waals surface area contributed by atoms with E-state index in [0.29, 0.717) is 18.7 Å². The number of sulfonamides is 1. The number of benzene rings is 2. The van der Waals surface area contributed by atoms with E-state index in [-0.39, 0.29) is 16.5 Å². The van der Waals surface area contributed by atoms with Crippen LogP contribution in [0.1, 0.15) is 22.3 Å². The molecule has 0 aromatic heterocycles. The standard InChI is InChI=1S/C20H22F3N3O3S/c1-25-10-3-11-26(13-12-25)19(27)15-6-8-18(9-7-15)30(28,29)24-17-5-2-4-16(14-17)20(21,22)23/h2,4-9,14,24H,3,10-13H2,1H3. The molecule has 0 aliphatic carbocycles. The molecule has 1 amide bonds. The number of carbonyl (C=O) groups is 1. The normalized spacial score (nSPS) is 16.2. The van der Waals surface area contributed by atoms with E-state index >= 15 is 0 Å². The number of nitrogens with one attached hydrogen (secondary N) is 1. The summed E-state index contributed by atoms with van der Waals surface area (Å²) in [6.45, 7) is 2.88. The van der Waals surface area contributed by atoms with Gasteiger partial charge in [0, 0.05) is 30.9 Å². The molecule has 1 N–H and O–H groups in total. The number of hydrogen-bond donors (Lipinski definition) is 1. The third-order valence-corrected chi connectivity index (χ3v) is 6.26. The van der Waals surface area contributed by atoms with Crippen molar-refractivity contribution in [1.29, 1.82) is 0 Å². The van der Waals surface area contributed by atoms with Crippen molar-refractivity contribution in [3.05, 3.63) is 59.7 Å². The number of halogens is 3. The second-order valence-corrected chi connectivity index (χ2v) is 8.84. The van der Waals surface area contributed by atoms with Crippen LogP contribution < -0.4 is 4.72 Å². The lowest BCUT2D eigenvalue weighted by atomic mass is 10.2. The van der Waals surface area contributed by atoms with Crippen LogP contribution in [-0.4, -0.2) is 57.4 Å². The van der Waals surface area contributed by atoms with Gasteiger partial charge in [-0.1, -0.05) is 6.07 Å². The molecule has 1 heterocycles. The van der Waals surface area contributed by atoms with E-state index in [0.717, 1.165) is 37.7 Å². The van der Waals surface area contributed by atoms with Crippen molar-refractivity contribution in [2.24, 2.45) is 0 Å². The highest BCUT2D eigenvalue weighted by Crippen LogP contribution is 2.31. The van der Waals surface area contributed by atoms with E-state index in [1.165, 1.54) is 30.3 Å². The van der Waals surface area contributed by atoms with Crippen LogP contribution in [0.5, 0.6) is 0 Å². The summed E-state index contributed by atoms with van der Waals surface area (Å²) in [5.41, 5.74) is -0.789. The Morgan fingerprint density at radius 3 is 2.37 bits per heavy atom. The highest BCUT2D eigenvalue weighted by Gasteiger charge is 2.30. The lowest BCUT2D eigenvalue weighted by Gasteiger charge is -2.20. The summed E-state index contributed by atoms with van der Waals surface area (Å²) >= 11 is 0. The minimum absolute atomic E-state index is 0.146. The van der Waals surface area contributed by atoms with Crippen LogP contribution >= 0.6 is 0 Å². The molecule has 0 bridgehead atoms. The molecular weight excluding hydrogens is 419 g/mol. The van der Waals surface area contributed by atoms with Crippen molar-refractivity contribution in [2.75, 3.05) is 37.9 Å². The second kappa shape index (κ2) is 8.65. The van der Waals surface area contributed by atoms with Gasteiger partial charge in [0.05, 0.1) is 10.5 Å². The first kappa shape index (κ1) is 22.1. The molecular formula is C20H22F3N3O3S.